The van der Waals surface area contributed by atoms with Gasteiger partial charge in [-0.25, -0.2) is 0 Å². The van der Waals surface area contributed by atoms with Crippen LogP contribution < -0.4 is 22.5 Å². The number of benzene rings is 1. The Morgan fingerprint density at radius 1 is 1.29 bits per heavy atom. The minimum atomic E-state index is 0. The van der Waals surface area contributed by atoms with E-state index in [1.54, 1.807) is 0 Å². The summed E-state index contributed by atoms with van der Waals surface area (Å²) >= 11 is 0. The zero-order valence-corrected chi connectivity index (χ0v) is 8.70. The third kappa shape index (κ3) is 1.39. The van der Waals surface area contributed by atoms with Crippen molar-refractivity contribution < 1.29 is 22.5 Å². The average molecular weight is 212 g/mol. The second kappa shape index (κ2) is 3.79. The highest BCUT2D eigenvalue weighted by molar-refractivity contribution is 5.41. The van der Waals surface area contributed by atoms with E-state index in [0.29, 0.717) is 12.0 Å². The quantitative estimate of drug-likeness (QED) is 0.505. The maximum Gasteiger partial charge on any atom is 0.154 e. The normalized spacial score (nSPS) is 28.3. The van der Waals surface area contributed by atoms with Crippen molar-refractivity contribution in [2.24, 2.45) is 0 Å². The molecule has 0 unspecified atom stereocenters. The molecule has 1 saturated heterocycles. The van der Waals surface area contributed by atoms with Crippen molar-refractivity contribution in [3.05, 3.63) is 29.8 Å². The molecule has 2 aliphatic heterocycles. The highest BCUT2D eigenvalue weighted by atomic mass is 35.5. The minimum Gasteiger partial charge on any atom is -1.00 e. The van der Waals surface area contributed by atoms with Crippen LogP contribution in [-0.2, 0) is 0 Å². The van der Waals surface area contributed by atoms with Gasteiger partial charge in [0, 0.05) is 17.9 Å². The van der Waals surface area contributed by atoms with E-state index in [9.17, 15) is 0 Å². The number of quaternary nitrogens is 1. The first-order valence-electron chi connectivity index (χ1n) is 5.02. The predicted octanol–water partition coefficient (Wildman–Crippen LogP) is -2.50. The molecule has 2 nitrogen and oxygen atoms in total. The molecule has 1 aromatic carbocycles. The Kier molecular flexibility index (Phi) is 2.66. The van der Waals surface area contributed by atoms with Crippen molar-refractivity contribution in [3.63, 3.8) is 0 Å². The van der Waals surface area contributed by atoms with Crippen LogP contribution in [0.1, 0.15) is 17.9 Å². The van der Waals surface area contributed by atoms with E-state index in [1.165, 1.54) is 18.5 Å². The van der Waals surface area contributed by atoms with Gasteiger partial charge in [0.05, 0.1) is 6.54 Å². The number of ether oxygens (including phenoxy) is 1. The number of hydrogen-bond donors (Lipinski definition) is 1. The van der Waals surface area contributed by atoms with Gasteiger partial charge in [-0.2, -0.15) is 0 Å². The van der Waals surface area contributed by atoms with Gasteiger partial charge in [-0.05, 0) is 6.07 Å². The predicted molar refractivity (Wildman–Crippen MR) is 49.9 cm³/mol. The molecule has 1 fully saturated rings. The standard InChI is InChI=1S/C11H13NO.ClH/c1-2-4-10-8(3-1)9-5-6-12-7-11(9)13-10;/h1-4,9,11-12H,5-7H2;1H/t9-,11-;/m0./s1. The Hall–Kier alpha value is -0.730. The lowest BCUT2D eigenvalue weighted by Gasteiger charge is -2.22. The van der Waals surface area contributed by atoms with Crippen LogP contribution in [-0.4, -0.2) is 19.2 Å². The van der Waals surface area contributed by atoms with Gasteiger partial charge in [0.1, 0.15) is 12.3 Å². The number of nitrogens with two attached hydrogens (primary N) is 1. The highest BCUT2D eigenvalue weighted by Crippen LogP contribution is 2.39. The summed E-state index contributed by atoms with van der Waals surface area (Å²) in [4.78, 5) is 0. The average Bonchev–Trinajstić information content (AvgIpc) is 2.56. The fourth-order valence-corrected chi connectivity index (χ4v) is 2.47. The number of halogens is 1. The third-order valence-electron chi connectivity index (χ3n) is 3.13. The van der Waals surface area contributed by atoms with Gasteiger partial charge >= 0.3 is 0 Å². The molecule has 3 rings (SSSR count). The van der Waals surface area contributed by atoms with Crippen molar-refractivity contribution in [1.82, 2.24) is 0 Å². The molecule has 0 aromatic heterocycles. The molecule has 0 saturated carbocycles. The number of hydrogen-bond acceptors (Lipinski definition) is 1. The molecule has 14 heavy (non-hydrogen) atoms. The summed E-state index contributed by atoms with van der Waals surface area (Å²) in [6.07, 6.45) is 1.70. The molecule has 0 amide bonds. The van der Waals surface area contributed by atoms with Crippen molar-refractivity contribution >= 4 is 0 Å². The first kappa shape index (κ1) is 9.81. The molecular formula is C11H14ClNO. The van der Waals surface area contributed by atoms with Crippen LogP contribution in [0, 0.1) is 0 Å². The second-order valence-corrected chi connectivity index (χ2v) is 3.90. The zero-order chi connectivity index (χ0) is 8.67. The number of para-hydroxylation sites is 1. The lowest BCUT2D eigenvalue weighted by molar-refractivity contribution is -0.669. The summed E-state index contributed by atoms with van der Waals surface area (Å²) in [5.41, 5.74) is 1.43. The minimum absolute atomic E-state index is 0. The summed E-state index contributed by atoms with van der Waals surface area (Å²) in [5, 5.41) is 2.35. The van der Waals surface area contributed by atoms with Gasteiger partial charge < -0.3 is 22.5 Å². The Morgan fingerprint density at radius 2 is 2.14 bits per heavy atom. The third-order valence-corrected chi connectivity index (χ3v) is 3.13. The van der Waals surface area contributed by atoms with Gasteiger partial charge in [0.15, 0.2) is 6.10 Å². The van der Waals surface area contributed by atoms with E-state index in [4.69, 9.17) is 4.74 Å². The largest absolute Gasteiger partial charge is 1.00 e. The van der Waals surface area contributed by atoms with Crippen LogP contribution in [0.25, 0.3) is 0 Å². The van der Waals surface area contributed by atoms with E-state index in [2.05, 4.69) is 29.6 Å². The van der Waals surface area contributed by atoms with Crippen molar-refractivity contribution in [2.45, 2.75) is 18.4 Å². The van der Waals surface area contributed by atoms with Gasteiger partial charge in [-0.3, -0.25) is 0 Å². The van der Waals surface area contributed by atoms with Gasteiger partial charge in [-0.15, -0.1) is 0 Å². The van der Waals surface area contributed by atoms with Crippen LogP contribution in [0.2, 0.25) is 0 Å². The fraction of sp³-hybridized carbons (Fsp3) is 0.455. The van der Waals surface area contributed by atoms with E-state index in [-0.39, 0.29) is 12.4 Å². The lowest BCUT2D eigenvalue weighted by atomic mass is 9.90. The first-order valence-corrected chi connectivity index (χ1v) is 5.02. The second-order valence-electron chi connectivity index (χ2n) is 3.90. The van der Waals surface area contributed by atoms with E-state index in [0.717, 1.165) is 12.3 Å². The molecule has 1 aromatic rings. The summed E-state index contributed by atoms with van der Waals surface area (Å²) in [6, 6.07) is 8.47. The maximum atomic E-state index is 5.88. The summed E-state index contributed by atoms with van der Waals surface area (Å²) in [6.45, 7) is 2.37. The van der Waals surface area contributed by atoms with Crippen molar-refractivity contribution in [2.75, 3.05) is 13.1 Å². The van der Waals surface area contributed by atoms with E-state index in [1.807, 2.05) is 0 Å². The fourth-order valence-electron chi connectivity index (χ4n) is 2.47. The summed E-state index contributed by atoms with van der Waals surface area (Å²) in [5.74, 6) is 1.79. The molecule has 2 aliphatic rings. The molecular weight excluding hydrogens is 198 g/mol. The maximum absolute atomic E-state index is 5.88. The van der Waals surface area contributed by atoms with Gasteiger partial charge in [0.2, 0.25) is 0 Å². The van der Waals surface area contributed by atoms with E-state index < -0.39 is 0 Å². The topological polar surface area (TPSA) is 25.8 Å². The van der Waals surface area contributed by atoms with Crippen LogP contribution in [0.5, 0.6) is 5.75 Å². The van der Waals surface area contributed by atoms with Crippen LogP contribution >= 0.6 is 0 Å². The van der Waals surface area contributed by atoms with Gasteiger partial charge in [-0.1, -0.05) is 18.2 Å². The number of piperidine rings is 1. The van der Waals surface area contributed by atoms with E-state index >= 15 is 0 Å². The lowest BCUT2D eigenvalue weighted by Crippen LogP contribution is -3.00. The number of rotatable bonds is 0. The Balaban J connectivity index is 0.000000750. The molecule has 0 aliphatic carbocycles. The molecule has 0 spiro atoms. The highest BCUT2D eigenvalue weighted by Gasteiger charge is 2.37. The van der Waals surface area contributed by atoms with Crippen molar-refractivity contribution in [1.29, 1.82) is 0 Å². The van der Waals surface area contributed by atoms with Gasteiger partial charge in [0.25, 0.3) is 0 Å². The SMILES string of the molecule is [Cl-].c1ccc2c(c1)O[C@H]1C[NH2+]CC[C@@H]21. The molecule has 0 radical (unpaired) electrons. The monoisotopic (exact) mass is 211 g/mol. The van der Waals surface area contributed by atoms with Crippen LogP contribution in [0.3, 0.4) is 0 Å². The Morgan fingerprint density at radius 3 is 3.07 bits per heavy atom. The molecule has 76 valence electrons. The first-order chi connectivity index (χ1) is 6.45. The van der Waals surface area contributed by atoms with Crippen molar-refractivity contribution in [3.8, 4) is 5.75 Å². The zero-order valence-electron chi connectivity index (χ0n) is 7.95. The Labute approximate surface area is 90.1 Å². The number of fused-ring (bicyclic) bond motifs is 3. The summed E-state index contributed by atoms with van der Waals surface area (Å²) in [7, 11) is 0. The molecule has 2 N–H and O–H groups in total. The molecule has 2 atom stereocenters. The Bertz CT molecular complexity index is 329. The smallest absolute Gasteiger partial charge is 0.154 e. The summed E-state index contributed by atoms with van der Waals surface area (Å²) < 4.78 is 5.88. The molecule has 0 bridgehead atoms. The molecule has 3 heteroatoms. The van der Waals surface area contributed by atoms with Crippen LogP contribution in [0.4, 0.5) is 0 Å². The van der Waals surface area contributed by atoms with Crippen LogP contribution in [0.15, 0.2) is 24.3 Å². The molecule has 2 heterocycles.